The third-order valence-corrected chi connectivity index (χ3v) is 3.43. The summed E-state index contributed by atoms with van der Waals surface area (Å²) < 4.78 is 5.22. The summed E-state index contributed by atoms with van der Waals surface area (Å²) in [6.07, 6.45) is 1.57. The maximum absolute atomic E-state index is 9.44. The van der Waals surface area contributed by atoms with Gasteiger partial charge in [0.1, 0.15) is 11.6 Å². The van der Waals surface area contributed by atoms with Gasteiger partial charge in [-0.05, 0) is 24.3 Å². The second-order valence-electron chi connectivity index (χ2n) is 5.12. The highest BCUT2D eigenvalue weighted by molar-refractivity contribution is 5.57. The number of aromatic nitrogens is 2. The molecule has 0 aliphatic rings. The lowest BCUT2D eigenvalue weighted by Crippen LogP contribution is -2.31. The molecule has 0 aromatic carbocycles. The number of nitrogens with zero attached hydrogens (tertiary/aromatic N) is 3. The molecule has 0 fully saturated rings. The Hall–Kier alpha value is -1.67. The molecule has 5 heteroatoms. The van der Waals surface area contributed by atoms with Crippen molar-refractivity contribution in [3.63, 3.8) is 0 Å². The molecular weight excluding hydrogens is 252 g/mol. The van der Waals surface area contributed by atoms with Gasteiger partial charge in [0.15, 0.2) is 5.82 Å². The first kappa shape index (κ1) is 16.4. The van der Waals surface area contributed by atoms with E-state index in [1.54, 1.807) is 7.11 Å². The number of ether oxygens (including phenoxy) is 1. The van der Waals surface area contributed by atoms with Crippen LogP contribution in [0.25, 0.3) is 0 Å². The van der Waals surface area contributed by atoms with E-state index in [1.807, 2.05) is 13.8 Å². The maximum atomic E-state index is 9.44. The van der Waals surface area contributed by atoms with Crippen molar-refractivity contribution in [3.8, 4) is 6.07 Å². The zero-order valence-corrected chi connectivity index (χ0v) is 13.0. The first-order valence-corrected chi connectivity index (χ1v) is 7.12. The van der Waals surface area contributed by atoms with Crippen molar-refractivity contribution in [2.75, 3.05) is 19.0 Å². The Morgan fingerprint density at radius 2 is 1.95 bits per heavy atom. The van der Waals surface area contributed by atoms with Crippen LogP contribution in [-0.4, -0.2) is 30.0 Å². The Kier molecular flexibility index (Phi) is 6.40. The van der Waals surface area contributed by atoms with Crippen LogP contribution in [0.4, 0.5) is 5.82 Å². The third-order valence-electron chi connectivity index (χ3n) is 3.43. The van der Waals surface area contributed by atoms with Crippen molar-refractivity contribution in [3.05, 3.63) is 16.8 Å². The molecule has 0 amide bonds. The van der Waals surface area contributed by atoms with Gasteiger partial charge in [0.25, 0.3) is 0 Å². The number of nitriles is 1. The molecule has 1 heterocycles. The van der Waals surface area contributed by atoms with Gasteiger partial charge in [-0.2, -0.15) is 10.4 Å². The van der Waals surface area contributed by atoms with E-state index in [-0.39, 0.29) is 6.04 Å². The van der Waals surface area contributed by atoms with E-state index in [4.69, 9.17) is 4.74 Å². The van der Waals surface area contributed by atoms with Crippen molar-refractivity contribution in [1.82, 2.24) is 10.2 Å². The van der Waals surface area contributed by atoms with Crippen LogP contribution >= 0.6 is 0 Å². The summed E-state index contributed by atoms with van der Waals surface area (Å²) in [5.41, 5.74) is 2.51. The molecule has 0 bridgehead atoms. The minimum atomic E-state index is 0.110. The number of rotatable bonds is 7. The predicted molar refractivity (Wildman–Crippen MR) is 79.6 cm³/mol. The van der Waals surface area contributed by atoms with Crippen LogP contribution in [0.2, 0.25) is 0 Å². The minimum Gasteiger partial charge on any atom is -0.383 e. The van der Waals surface area contributed by atoms with Crippen molar-refractivity contribution in [1.29, 1.82) is 5.26 Å². The Morgan fingerprint density at radius 3 is 2.40 bits per heavy atom. The van der Waals surface area contributed by atoms with E-state index in [1.165, 1.54) is 0 Å². The van der Waals surface area contributed by atoms with Crippen molar-refractivity contribution in [2.45, 2.75) is 46.6 Å². The number of aryl methyl sites for hydroxylation is 1. The molecule has 110 valence electrons. The van der Waals surface area contributed by atoms with Gasteiger partial charge >= 0.3 is 0 Å². The number of anilines is 1. The summed E-state index contributed by atoms with van der Waals surface area (Å²) in [5, 5.41) is 21.2. The monoisotopic (exact) mass is 276 g/mol. The third kappa shape index (κ3) is 3.67. The molecule has 1 aromatic heterocycles. The summed E-state index contributed by atoms with van der Waals surface area (Å²) in [6, 6.07) is 2.38. The van der Waals surface area contributed by atoms with Crippen molar-refractivity contribution in [2.24, 2.45) is 5.92 Å². The fraction of sp³-hybridized carbons (Fsp3) is 0.667. The molecule has 0 radical (unpaired) electrons. The average molecular weight is 276 g/mol. The predicted octanol–water partition coefficient (Wildman–Crippen LogP) is 2.56. The molecule has 0 aliphatic carbocycles. The zero-order valence-electron chi connectivity index (χ0n) is 13.0. The van der Waals surface area contributed by atoms with Gasteiger partial charge in [-0.1, -0.05) is 27.7 Å². The molecule has 5 nitrogen and oxygen atoms in total. The Bertz CT molecular complexity index is 479. The molecule has 1 rings (SSSR count). The average Bonchev–Trinajstić information content (AvgIpc) is 2.45. The Balaban J connectivity index is 3.15. The number of methoxy groups -OCH3 is 1. The molecule has 1 aromatic rings. The fourth-order valence-corrected chi connectivity index (χ4v) is 2.15. The van der Waals surface area contributed by atoms with E-state index < -0.39 is 0 Å². The highest BCUT2D eigenvalue weighted by Crippen LogP contribution is 2.21. The molecular formula is C15H24N4O. The second kappa shape index (κ2) is 7.81. The maximum Gasteiger partial charge on any atom is 0.167 e. The number of hydrogen-bond donors (Lipinski definition) is 1. The van der Waals surface area contributed by atoms with E-state index in [9.17, 15) is 5.26 Å². The summed E-state index contributed by atoms with van der Waals surface area (Å²) >= 11 is 0. The van der Waals surface area contributed by atoms with Crippen molar-refractivity contribution < 1.29 is 4.74 Å². The summed E-state index contributed by atoms with van der Waals surface area (Å²) in [4.78, 5) is 0. The lowest BCUT2D eigenvalue weighted by Gasteiger charge is -2.23. The first-order valence-electron chi connectivity index (χ1n) is 7.12. The summed E-state index contributed by atoms with van der Waals surface area (Å²) in [5.74, 6) is 0.941. The van der Waals surface area contributed by atoms with Gasteiger partial charge in [-0.25, -0.2) is 0 Å². The van der Waals surface area contributed by atoms with Crippen LogP contribution < -0.4 is 5.32 Å². The standard InChI is InChI=1S/C15H24N4O/c1-6-11-12(8-16)15(19-18-13(11)7-2)17-14(9-20-5)10(3)4/h10,14H,6-7,9H2,1-5H3,(H,17,19). The zero-order chi connectivity index (χ0) is 15.1. The van der Waals surface area contributed by atoms with Crippen LogP contribution in [0.1, 0.15) is 44.5 Å². The molecule has 0 saturated heterocycles. The van der Waals surface area contributed by atoms with Crippen LogP contribution in [0, 0.1) is 17.2 Å². The van der Waals surface area contributed by atoms with Crippen LogP contribution in [-0.2, 0) is 17.6 Å². The van der Waals surface area contributed by atoms with Crippen molar-refractivity contribution >= 4 is 5.82 Å². The summed E-state index contributed by atoms with van der Waals surface area (Å²) in [7, 11) is 1.67. The second-order valence-corrected chi connectivity index (χ2v) is 5.12. The molecule has 0 saturated carbocycles. The highest BCUT2D eigenvalue weighted by atomic mass is 16.5. The Morgan fingerprint density at radius 1 is 1.25 bits per heavy atom. The molecule has 1 atom stereocenters. The van der Waals surface area contributed by atoms with E-state index in [0.29, 0.717) is 23.9 Å². The quantitative estimate of drug-likeness (QED) is 0.828. The lowest BCUT2D eigenvalue weighted by molar-refractivity contribution is 0.171. The molecule has 0 spiro atoms. The van der Waals surface area contributed by atoms with E-state index >= 15 is 0 Å². The minimum absolute atomic E-state index is 0.110. The van der Waals surface area contributed by atoms with Gasteiger partial charge in [0.2, 0.25) is 0 Å². The number of nitrogens with one attached hydrogen (secondary N) is 1. The topological polar surface area (TPSA) is 70.8 Å². The van der Waals surface area contributed by atoms with Crippen LogP contribution in [0.15, 0.2) is 0 Å². The first-order chi connectivity index (χ1) is 9.58. The highest BCUT2D eigenvalue weighted by Gasteiger charge is 2.19. The summed E-state index contributed by atoms with van der Waals surface area (Å²) in [6.45, 7) is 8.85. The number of hydrogen-bond acceptors (Lipinski definition) is 5. The van der Waals surface area contributed by atoms with Crippen LogP contribution in [0.3, 0.4) is 0 Å². The molecule has 20 heavy (non-hydrogen) atoms. The van der Waals surface area contributed by atoms with Crippen LogP contribution in [0.5, 0.6) is 0 Å². The molecule has 1 N–H and O–H groups in total. The SMILES string of the molecule is CCc1nnc(NC(COC)C(C)C)c(C#N)c1CC. The fourth-order valence-electron chi connectivity index (χ4n) is 2.15. The van der Waals surface area contributed by atoms with E-state index in [0.717, 1.165) is 24.1 Å². The van der Waals surface area contributed by atoms with E-state index in [2.05, 4.69) is 35.4 Å². The normalized spacial score (nSPS) is 12.2. The van der Waals surface area contributed by atoms with Gasteiger partial charge in [0.05, 0.1) is 18.3 Å². The Labute approximate surface area is 121 Å². The smallest absolute Gasteiger partial charge is 0.167 e. The van der Waals surface area contributed by atoms with Gasteiger partial charge < -0.3 is 10.1 Å². The molecule has 0 aliphatic heterocycles. The lowest BCUT2D eigenvalue weighted by atomic mass is 10.0. The van der Waals surface area contributed by atoms with Gasteiger partial charge in [0, 0.05) is 7.11 Å². The van der Waals surface area contributed by atoms with Gasteiger partial charge in [-0.3, -0.25) is 0 Å². The largest absolute Gasteiger partial charge is 0.383 e. The van der Waals surface area contributed by atoms with Gasteiger partial charge in [-0.15, -0.1) is 5.10 Å². The molecule has 1 unspecified atom stereocenters.